The van der Waals surface area contributed by atoms with Gasteiger partial charge in [0.2, 0.25) is 0 Å². The van der Waals surface area contributed by atoms with E-state index in [1.807, 2.05) is 6.92 Å². The average Bonchev–Trinajstić information content (AvgIpc) is 2.42. The summed E-state index contributed by atoms with van der Waals surface area (Å²) in [6, 6.07) is 0.883. The Morgan fingerprint density at radius 3 is 2.37 bits per heavy atom. The maximum absolute atomic E-state index is 13.6. The minimum absolute atomic E-state index is 0.107. The molecule has 1 aromatic heterocycles. The van der Waals surface area contributed by atoms with Crippen LogP contribution in [0, 0.1) is 17.6 Å². The molecule has 0 radical (unpaired) electrons. The Balaban J connectivity index is 2.00. The van der Waals surface area contributed by atoms with Crippen LogP contribution < -0.4 is 10.6 Å². The summed E-state index contributed by atoms with van der Waals surface area (Å²) in [6.07, 6.45) is 6.14. The number of hydrogen-bond acceptors (Lipinski definition) is 3. The molecule has 1 aromatic rings. The second kappa shape index (κ2) is 6.68. The van der Waals surface area contributed by atoms with Crippen LogP contribution in [0.1, 0.15) is 39.0 Å². The van der Waals surface area contributed by atoms with Crippen LogP contribution in [-0.4, -0.2) is 18.1 Å². The van der Waals surface area contributed by atoms with E-state index >= 15 is 0 Å². The van der Waals surface area contributed by atoms with E-state index in [0.717, 1.165) is 6.07 Å². The first-order chi connectivity index (χ1) is 9.20. The standard InChI is InChI=1S/C14H21F2N3/c1-2-17-13-11(15)8-12(16)14(19-13)18-9-10-6-4-3-5-7-10/h8,10H,2-7,9H2,1H3,(H2,17,18,19). The quantitative estimate of drug-likeness (QED) is 0.854. The fraction of sp³-hybridized carbons (Fsp3) is 0.643. The lowest BCUT2D eigenvalue weighted by Crippen LogP contribution is -2.19. The molecule has 3 nitrogen and oxygen atoms in total. The highest BCUT2D eigenvalue weighted by Gasteiger charge is 2.15. The van der Waals surface area contributed by atoms with Crippen LogP contribution >= 0.6 is 0 Å². The van der Waals surface area contributed by atoms with Gasteiger partial charge in [-0.1, -0.05) is 19.3 Å². The number of anilines is 2. The molecule has 2 rings (SSSR count). The molecule has 5 heteroatoms. The molecule has 2 N–H and O–H groups in total. The first-order valence-electron chi connectivity index (χ1n) is 7.04. The third kappa shape index (κ3) is 3.78. The Morgan fingerprint density at radius 1 is 1.11 bits per heavy atom. The largest absolute Gasteiger partial charge is 0.368 e. The van der Waals surface area contributed by atoms with Gasteiger partial charge in [-0.15, -0.1) is 0 Å². The number of hydrogen-bond donors (Lipinski definition) is 2. The van der Waals surface area contributed by atoms with E-state index in [1.165, 1.54) is 32.1 Å². The molecular formula is C14H21F2N3. The van der Waals surface area contributed by atoms with E-state index < -0.39 is 11.6 Å². The first-order valence-corrected chi connectivity index (χ1v) is 7.04. The molecule has 1 aliphatic carbocycles. The van der Waals surface area contributed by atoms with Gasteiger partial charge in [0.15, 0.2) is 23.3 Å². The van der Waals surface area contributed by atoms with Gasteiger partial charge in [-0.05, 0) is 25.7 Å². The summed E-state index contributed by atoms with van der Waals surface area (Å²) >= 11 is 0. The number of aromatic nitrogens is 1. The summed E-state index contributed by atoms with van der Waals surface area (Å²) in [5.41, 5.74) is 0. The van der Waals surface area contributed by atoms with Crippen molar-refractivity contribution >= 4 is 11.6 Å². The minimum Gasteiger partial charge on any atom is -0.368 e. The molecular weight excluding hydrogens is 248 g/mol. The number of nitrogens with zero attached hydrogens (tertiary/aromatic N) is 1. The van der Waals surface area contributed by atoms with Crippen molar-refractivity contribution in [2.75, 3.05) is 23.7 Å². The number of nitrogens with one attached hydrogen (secondary N) is 2. The van der Waals surface area contributed by atoms with Crippen molar-refractivity contribution in [2.45, 2.75) is 39.0 Å². The summed E-state index contributed by atoms with van der Waals surface area (Å²) in [5, 5.41) is 5.80. The summed E-state index contributed by atoms with van der Waals surface area (Å²) < 4.78 is 27.1. The molecule has 1 heterocycles. The van der Waals surface area contributed by atoms with E-state index in [0.29, 0.717) is 19.0 Å². The van der Waals surface area contributed by atoms with Gasteiger partial charge in [0.05, 0.1) is 0 Å². The lowest BCUT2D eigenvalue weighted by atomic mass is 9.89. The van der Waals surface area contributed by atoms with Gasteiger partial charge in [-0.25, -0.2) is 13.8 Å². The van der Waals surface area contributed by atoms with E-state index in [2.05, 4.69) is 15.6 Å². The zero-order chi connectivity index (χ0) is 13.7. The smallest absolute Gasteiger partial charge is 0.168 e. The Labute approximate surface area is 112 Å². The van der Waals surface area contributed by atoms with Gasteiger partial charge in [0.25, 0.3) is 0 Å². The van der Waals surface area contributed by atoms with Crippen molar-refractivity contribution in [3.05, 3.63) is 17.7 Å². The van der Waals surface area contributed by atoms with Crippen molar-refractivity contribution in [3.63, 3.8) is 0 Å². The third-order valence-electron chi connectivity index (χ3n) is 3.56. The Kier molecular flexibility index (Phi) is 4.93. The molecule has 0 saturated heterocycles. The maximum Gasteiger partial charge on any atom is 0.168 e. The predicted molar refractivity (Wildman–Crippen MR) is 73.4 cm³/mol. The molecule has 0 spiro atoms. The van der Waals surface area contributed by atoms with Crippen molar-refractivity contribution in [1.82, 2.24) is 4.98 Å². The second-order valence-electron chi connectivity index (χ2n) is 5.06. The van der Waals surface area contributed by atoms with Crippen LogP contribution in [0.2, 0.25) is 0 Å². The molecule has 0 aromatic carbocycles. The van der Waals surface area contributed by atoms with Gasteiger partial charge >= 0.3 is 0 Å². The second-order valence-corrected chi connectivity index (χ2v) is 5.06. The summed E-state index contributed by atoms with van der Waals surface area (Å²) in [7, 11) is 0. The zero-order valence-corrected chi connectivity index (χ0v) is 11.3. The van der Waals surface area contributed by atoms with Gasteiger partial charge in [-0.3, -0.25) is 0 Å². The van der Waals surface area contributed by atoms with E-state index in [4.69, 9.17) is 0 Å². The fourth-order valence-corrected chi connectivity index (χ4v) is 2.51. The Hall–Kier alpha value is -1.39. The summed E-state index contributed by atoms with van der Waals surface area (Å²) in [5.74, 6) is -0.460. The van der Waals surface area contributed by atoms with Gasteiger partial charge in [0.1, 0.15) is 0 Å². The number of halogens is 2. The molecule has 1 aliphatic rings. The Bertz CT molecular complexity index is 417. The minimum atomic E-state index is -0.650. The van der Waals surface area contributed by atoms with Crippen molar-refractivity contribution in [2.24, 2.45) is 5.92 Å². The maximum atomic E-state index is 13.6. The lowest BCUT2D eigenvalue weighted by Gasteiger charge is -2.22. The van der Waals surface area contributed by atoms with Crippen LogP contribution in [0.25, 0.3) is 0 Å². The lowest BCUT2D eigenvalue weighted by molar-refractivity contribution is 0.373. The molecule has 1 saturated carbocycles. The number of rotatable bonds is 5. The highest BCUT2D eigenvalue weighted by Crippen LogP contribution is 2.25. The van der Waals surface area contributed by atoms with Crippen molar-refractivity contribution < 1.29 is 8.78 Å². The van der Waals surface area contributed by atoms with Crippen LogP contribution in [0.4, 0.5) is 20.4 Å². The summed E-state index contributed by atoms with van der Waals surface area (Å²) in [6.45, 7) is 3.11. The molecule has 0 amide bonds. The van der Waals surface area contributed by atoms with Crippen molar-refractivity contribution in [3.8, 4) is 0 Å². The van der Waals surface area contributed by atoms with Crippen LogP contribution in [0.5, 0.6) is 0 Å². The topological polar surface area (TPSA) is 37.0 Å². The first kappa shape index (κ1) is 14.0. The molecule has 0 atom stereocenters. The summed E-state index contributed by atoms with van der Waals surface area (Å²) in [4.78, 5) is 3.97. The van der Waals surface area contributed by atoms with Crippen molar-refractivity contribution in [1.29, 1.82) is 0 Å². The van der Waals surface area contributed by atoms with E-state index in [-0.39, 0.29) is 11.6 Å². The molecule has 0 aliphatic heterocycles. The molecule has 0 bridgehead atoms. The molecule has 0 unspecified atom stereocenters. The van der Waals surface area contributed by atoms with Crippen LogP contribution in [0.15, 0.2) is 6.07 Å². The van der Waals surface area contributed by atoms with E-state index in [1.54, 1.807) is 0 Å². The molecule has 1 fully saturated rings. The van der Waals surface area contributed by atoms with Gasteiger partial charge in [-0.2, -0.15) is 0 Å². The molecule has 19 heavy (non-hydrogen) atoms. The molecule has 106 valence electrons. The van der Waals surface area contributed by atoms with Gasteiger partial charge < -0.3 is 10.6 Å². The Morgan fingerprint density at radius 2 is 1.74 bits per heavy atom. The zero-order valence-electron chi connectivity index (χ0n) is 11.3. The van der Waals surface area contributed by atoms with Crippen LogP contribution in [-0.2, 0) is 0 Å². The predicted octanol–water partition coefficient (Wildman–Crippen LogP) is 3.78. The SMILES string of the molecule is CCNc1nc(NCC2CCCCC2)c(F)cc1F. The van der Waals surface area contributed by atoms with Crippen LogP contribution in [0.3, 0.4) is 0 Å². The normalized spacial score (nSPS) is 16.4. The fourth-order valence-electron chi connectivity index (χ4n) is 2.51. The van der Waals surface area contributed by atoms with Gasteiger partial charge in [0, 0.05) is 19.2 Å². The van der Waals surface area contributed by atoms with E-state index in [9.17, 15) is 8.78 Å². The highest BCUT2D eigenvalue weighted by molar-refractivity contribution is 5.47. The third-order valence-corrected chi connectivity index (χ3v) is 3.56. The highest BCUT2D eigenvalue weighted by atomic mass is 19.1. The average molecular weight is 269 g/mol. The monoisotopic (exact) mass is 269 g/mol. The number of pyridine rings is 1.